The quantitative estimate of drug-likeness (QED) is 0.290. The smallest absolute Gasteiger partial charge is 0.270 e. The average Bonchev–Trinajstić information content (AvgIpc) is 3.26. The first-order valence-electron chi connectivity index (χ1n) is 10.4. The molecule has 8 nitrogen and oxygen atoms in total. The number of hydrogen-bond acceptors (Lipinski definition) is 8. The Balaban J connectivity index is 1.65. The van der Waals surface area contributed by atoms with E-state index >= 15 is 0 Å². The van der Waals surface area contributed by atoms with Crippen molar-refractivity contribution < 1.29 is 9.90 Å². The summed E-state index contributed by atoms with van der Waals surface area (Å²) in [5, 5.41) is 17.6. The zero-order chi connectivity index (χ0) is 24.2. The summed E-state index contributed by atoms with van der Waals surface area (Å²) in [5.74, 6) is 0.774. The van der Waals surface area contributed by atoms with Crippen LogP contribution in [0.25, 0.3) is 0 Å². The second-order valence-electron chi connectivity index (χ2n) is 7.56. The molecule has 0 bridgehead atoms. The van der Waals surface area contributed by atoms with E-state index in [1.807, 2.05) is 44.3 Å². The Morgan fingerprint density at radius 3 is 2.59 bits per heavy atom. The Labute approximate surface area is 206 Å². The van der Waals surface area contributed by atoms with E-state index in [1.54, 1.807) is 30.0 Å². The van der Waals surface area contributed by atoms with Crippen molar-refractivity contribution in [2.45, 2.75) is 20.4 Å². The Hall–Kier alpha value is -3.69. The number of amides is 1. The molecule has 0 saturated carbocycles. The third kappa shape index (κ3) is 5.27. The number of para-hydroxylation sites is 1. The van der Waals surface area contributed by atoms with E-state index in [9.17, 15) is 9.90 Å². The maximum Gasteiger partial charge on any atom is 0.270 e. The summed E-state index contributed by atoms with van der Waals surface area (Å²) in [6, 6.07) is 14.6. The molecule has 0 spiro atoms. The normalized spacial score (nSPS) is 10.7. The number of nitrogens with zero attached hydrogens (tertiary/aromatic N) is 4. The molecule has 34 heavy (non-hydrogen) atoms. The number of thiazole rings is 1. The van der Waals surface area contributed by atoms with Crippen LogP contribution in [0.3, 0.4) is 0 Å². The molecule has 0 aliphatic carbocycles. The number of aryl methyl sites for hydroxylation is 2. The van der Waals surface area contributed by atoms with Gasteiger partial charge in [0.25, 0.3) is 5.91 Å². The number of benzene rings is 2. The number of nitrogens with one attached hydrogen (secondary N) is 2. The molecule has 4 aromatic rings. The molecule has 4 rings (SSSR count). The molecule has 0 atom stereocenters. The highest BCUT2D eigenvalue weighted by Gasteiger charge is 2.24. The first-order chi connectivity index (χ1) is 16.3. The Morgan fingerprint density at radius 1 is 1.15 bits per heavy atom. The minimum absolute atomic E-state index is 0.0363. The number of phenols is 1. The maximum absolute atomic E-state index is 13.6. The molecule has 0 aliphatic heterocycles. The summed E-state index contributed by atoms with van der Waals surface area (Å²) in [5.41, 5.74) is 3.14. The van der Waals surface area contributed by atoms with Crippen molar-refractivity contribution >= 4 is 51.2 Å². The highest BCUT2D eigenvalue weighted by Crippen LogP contribution is 2.34. The topological polar surface area (TPSA) is 103 Å². The molecular formula is C24H23ClN6O2S. The number of carbonyl (C=O) groups is 1. The van der Waals surface area contributed by atoms with Gasteiger partial charge in [-0.25, -0.2) is 15.0 Å². The molecule has 1 amide bonds. The first-order valence-corrected chi connectivity index (χ1v) is 11.6. The molecule has 0 unspecified atom stereocenters. The van der Waals surface area contributed by atoms with Gasteiger partial charge >= 0.3 is 0 Å². The van der Waals surface area contributed by atoms with Gasteiger partial charge in [-0.15, -0.1) is 0 Å². The lowest BCUT2D eigenvalue weighted by atomic mass is 10.1. The maximum atomic E-state index is 13.6. The number of anilines is 4. The van der Waals surface area contributed by atoms with E-state index < -0.39 is 0 Å². The molecule has 10 heteroatoms. The van der Waals surface area contributed by atoms with Crippen LogP contribution in [0.2, 0.25) is 5.15 Å². The summed E-state index contributed by atoms with van der Waals surface area (Å²) >= 11 is 7.20. The molecule has 0 aliphatic rings. The van der Waals surface area contributed by atoms with E-state index in [1.165, 1.54) is 17.5 Å². The molecule has 2 heterocycles. The van der Waals surface area contributed by atoms with Crippen LogP contribution in [-0.4, -0.2) is 33.0 Å². The minimum Gasteiger partial charge on any atom is -0.506 e. The van der Waals surface area contributed by atoms with Crippen LogP contribution in [0, 0.1) is 13.8 Å². The van der Waals surface area contributed by atoms with Gasteiger partial charge in [0, 0.05) is 18.8 Å². The van der Waals surface area contributed by atoms with E-state index in [0.29, 0.717) is 32.5 Å². The van der Waals surface area contributed by atoms with Crippen LogP contribution in [0.1, 0.15) is 26.6 Å². The molecule has 2 aromatic carbocycles. The summed E-state index contributed by atoms with van der Waals surface area (Å²) < 4.78 is 0. The monoisotopic (exact) mass is 494 g/mol. The van der Waals surface area contributed by atoms with Gasteiger partial charge in [0.1, 0.15) is 27.4 Å². The highest BCUT2D eigenvalue weighted by molar-refractivity contribution is 7.17. The predicted molar refractivity (Wildman–Crippen MR) is 137 cm³/mol. The molecule has 0 saturated heterocycles. The van der Waals surface area contributed by atoms with Gasteiger partial charge in [-0.2, -0.15) is 0 Å². The van der Waals surface area contributed by atoms with Crippen molar-refractivity contribution in [3.05, 3.63) is 81.7 Å². The molecule has 174 valence electrons. The fourth-order valence-electron chi connectivity index (χ4n) is 3.48. The average molecular weight is 495 g/mol. The minimum atomic E-state index is -0.273. The lowest BCUT2D eigenvalue weighted by molar-refractivity contribution is 0.0988. The van der Waals surface area contributed by atoms with Crippen LogP contribution in [0.4, 0.5) is 22.3 Å². The van der Waals surface area contributed by atoms with Crippen LogP contribution in [0.5, 0.6) is 5.75 Å². The van der Waals surface area contributed by atoms with Gasteiger partial charge in [-0.05, 0) is 43.2 Å². The molecular weight excluding hydrogens is 472 g/mol. The fraction of sp³-hybridized carbons (Fsp3) is 0.167. The third-order valence-electron chi connectivity index (χ3n) is 5.07. The zero-order valence-electron chi connectivity index (χ0n) is 18.8. The van der Waals surface area contributed by atoms with Crippen molar-refractivity contribution in [2.24, 2.45) is 0 Å². The van der Waals surface area contributed by atoms with Crippen molar-refractivity contribution in [2.75, 3.05) is 22.6 Å². The van der Waals surface area contributed by atoms with Gasteiger partial charge in [-0.3, -0.25) is 9.69 Å². The lowest BCUT2D eigenvalue weighted by Gasteiger charge is -2.25. The Kier molecular flexibility index (Phi) is 6.95. The van der Waals surface area contributed by atoms with Gasteiger partial charge < -0.3 is 15.7 Å². The molecule has 2 aromatic heterocycles. The molecule has 0 fully saturated rings. The van der Waals surface area contributed by atoms with E-state index in [0.717, 1.165) is 16.8 Å². The standard InChI is InChI=1S/C24H23ClN6O2S/c1-14-5-4-6-18(32)22(14)31(13-16-7-9-17(26-3)10-8-16)23(33)19-12-27-24(34-19)30-21-11-20(25)28-15(2)29-21/h4-12,26,32H,13H2,1-3H3,(H,27,28,29,30). The predicted octanol–water partition coefficient (Wildman–Crippen LogP) is 5.54. The number of carbonyl (C=O) groups excluding carboxylic acids is 1. The van der Waals surface area contributed by atoms with Gasteiger partial charge in [0.05, 0.1) is 18.4 Å². The van der Waals surface area contributed by atoms with Gasteiger partial charge in [0.15, 0.2) is 5.13 Å². The zero-order valence-corrected chi connectivity index (χ0v) is 20.4. The SMILES string of the molecule is CNc1ccc(CN(C(=O)c2cnc(Nc3cc(Cl)nc(C)n3)s2)c2c(C)cccc2O)cc1. The lowest BCUT2D eigenvalue weighted by Crippen LogP contribution is -2.30. The first kappa shape index (κ1) is 23.5. The van der Waals surface area contributed by atoms with Crippen molar-refractivity contribution in [1.82, 2.24) is 15.0 Å². The summed E-state index contributed by atoms with van der Waals surface area (Å²) in [7, 11) is 1.85. The van der Waals surface area contributed by atoms with Crippen LogP contribution in [-0.2, 0) is 6.54 Å². The number of aromatic nitrogens is 3. The second kappa shape index (κ2) is 10.1. The number of aromatic hydroxyl groups is 1. The van der Waals surface area contributed by atoms with E-state index in [2.05, 4.69) is 25.6 Å². The molecule has 0 radical (unpaired) electrons. The van der Waals surface area contributed by atoms with Crippen molar-refractivity contribution in [3.63, 3.8) is 0 Å². The summed E-state index contributed by atoms with van der Waals surface area (Å²) in [4.78, 5) is 28.3. The summed E-state index contributed by atoms with van der Waals surface area (Å²) in [6.07, 6.45) is 1.51. The van der Waals surface area contributed by atoms with E-state index in [-0.39, 0.29) is 18.2 Å². The highest BCUT2D eigenvalue weighted by atomic mass is 35.5. The van der Waals surface area contributed by atoms with Gasteiger partial charge in [-0.1, -0.05) is 47.2 Å². The Bertz CT molecular complexity index is 1290. The Morgan fingerprint density at radius 2 is 1.91 bits per heavy atom. The van der Waals surface area contributed by atoms with Crippen LogP contribution >= 0.6 is 22.9 Å². The van der Waals surface area contributed by atoms with Crippen molar-refractivity contribution in [1.29, 1.82) is 0 Å². The fourth-order valence-corrected chi connectivity index (χ4v) is 4.47. The largest absolute Gasteiger partial charge is 0.506 e. The number of rotatable bonds is 7. The number of hydrogen-bond donors (Lipinski definition) is 3. The van der Waals surface area contributed by atoms with Gasteiger partial charge in [0.2, 0.25) is 0 Å². The number of halogens is 1. The second-order valence-corrected chi connectivity index (χ2v) is 8.98. The summed E-state index contributed by atoms with van der Waals surface area (Å²) in [6.45, 7) is 3.88. The third-order valence-corrected chi connectivity index (χ3v) is 6.17. The van der Waals surface area contributed by atoms with Crippen LogP contribution in [0.15, 0.2) is 54.7 Å². The van der Waals surface area contributed by atoms with Crippen molar-refractivity contribution in [3.8, 4) is 5.75 Å². The number of phenolic OH excluding ortho intramolecular Hbond substituents is 1. The molecule has 3 N–H and O–H groups in total. The van der Waals surface area contributed by atoms with E-state index in [4.69, 9.17) is 11.6 Å². The van der Waals surface area contributed by atoms with Crippen LogP contribution < -0.4 is 15.5 Å².